The van der Waals surface area contributed by atoms with E-state index >= 15 is 0 Å². The number of piperazine rings is 1. The standard InChI is InChI=1S/C13H20BrN3O/c1-16(10-17-7-5-15-6-8-17)12-9-11(14)3-4-13(12)18-2/h3-4,9,15H,5-8,10H2,1-2H3. The van der Waals surface area contributed by atoms with Gasteiger partial charge in [-0.25, -0.2) is 0 Å². The number of ether oxygens (including phenoxy) is 1. The minimum absolute atomic E-state index is 0.913. The average Bonchev–Trinajstić information content (AvgIpc) is 2.40. The van der Waals surface area contributed by atoms with Gasteiger partial charge in [0.15, 0.2) is 0 Å². The Morgan fingerprint density at radius 2 is 2.11 bits per heavy atom. The molecule has 1 aromatic carbocycles. The molecule has 4 nitrogen and oxygen atoms in total. The Kier molecular flexibility index (Phi) is 4.86. The summed E-state index contributed by atoms with van der Waals surface area (Å²) < 4.78 is 6.49. The van der Waals surface area contributed by atoms with Crippen LogP contribution in [0, 0.1) is 0 Å². The van der Waals surface area contributed by atoms with Crippen LogP contribution in [0.1, 0.15) is 0 Å². The molecule has 18 heavy (non-hydrogen) atoms. The number of nitrogens with zero attached hydrogens (tertiary/aromatic N) is 2. The fraction of sp³-hybridized carbons (Fsp3) is 0.538. The van der Waals surface area contributed by atoms with Crippen LogP contribution in [0.2, 0.25) is 0 Å². The maximum Gasteiger partial charge on any atom is 0.142 e. The van der Waals surface area contributed by atoms with Crippen LogP contribution in [0.15, 0.2) is 22.7 Å². The molecule has 0 radical (unpaired) electrons. The SMILES string of the molecule is COc1ccc(Br)cc1N(C)CN1CCNCC1. The molecule has 0 bridgehead atoms. The van der Waals surface area contributed by atoms with Crippen LogP contribution in [0.3, 0.4) is 0 Å². The predicted octanol–water partition coefficient (Wildman–Crippen LogP) is 1.76. The van der Waals surface area contributed by atoms with Gasteiger partial charge in [0.05, 0.1) is 19.5 Å². The van der Waals surface area contributed by atoms with Gasteiger partial charge in [0.1, 0.15) is 5.75 Å². The highest BCUT2D eigenvalue weighted by atomic mass is 79.9. The second kappa shape index (κ2) is 6.41. The summed E-state index contributed by atoms with van der Waals surface area (Å²) in [5, 5.41) is 3.37. The Balaban J connectivity index is 2.07. The Bertz CT molecular complexity index is 394. The van der Waals surface area contributed by atoms with Crippen LogP contribution in [-0.2, 0) is 0 Å². The maximum absolute atomic E-state index is 5.42. The summed E-state index contributed by atoms with van der Waals surface area (Å²) in [6.45, 7) is 5.27. The van der Waals surface area contributed by atoms with Crippen LogP contribution in [0.5, 0.6) is 5.75 Å². The summed E-state index contributed by atoms with van der Waals surface area (Å²) in [6.07, 6.45) is 0. The summed E-state index contributed by atoms with van der Waals surface area (Å²) >= 11 is 3.51. The van der Waals surface area contributed by atoms with Crippen LogP contribution in [0.4, 0.5) is 5.69 Å². The molecule has 2 rings (SSSR count). The molecule has 0 spiro atoms. The highest BCUT2D eigenvalue weighted by Crippen LogP contribution is 2.30. The van der Waals surface area contributed by atoms with Gasteiger partial charge in [-0.1, -0.05) is 15.9 Å². The van der Waals surface area contributed by atoms with E-state index in [1.165, 1.54) is 0 Å². The van der Waals surface area contributed by atoms with E-state index in [0.717, 1.165) is 48.8 Å². The zero-order chi connectivity index (χ0) is 13.0. The van der Waals surface area contributed by atoms with Gasteiger partial charge in [-0.3, -0.25) is 4.90 Å². The fourth-order valence-electron chi connectivity index (χ4n) is 2.19. The third kappa shape index (κ3) is 3.37. The number of anilines is 1. The molecule has 1 N–H and O–H groups in total. The number of hydrogen-bond donors (Lipinski definition) is 1. The largest absolute Gasteiger partial charge is 0.495 e. The monoisotopic (exact) mass is 313 g/mol. The van der Waals surface area contributed by atoms with Gasteiger partial charge < -0.3 is 15.0 Å². The zero-order valence-corrected chi connectivity index (χ0v) is 12.5. The van der Waals surface area contributed by atoms with E-state index in [0.29, 0.717) is 0 Å². The Morgan fingerprint density at radius 1 is 1.39 bits per heavy atom. The second-order valence-electron chi connectivity index (χ2n) is 4.52. The van der Waals surface area contributed by atoms with Crippen molar-refractivity contribution in [2.24, 2.45) is 0 Å². The first-order chi connectivity index (χ1) is 8.70. The van der Waals surface area contributed by atoms with Crippen LogP contribution < -0.4 is 15.0 Å². The van der Waals surface area contributed by atoms with Gasteiger partial charge in [-0.15, -0.1) is 0 Å². The molecule has 0 atom stereocenters. The third-order valence-corrected chi connectivity index (χ3v) is 3.67. The van der Waals surface area contributed by atoms with Crippen molar-refractivity contribution in [1.82, 2.24) is 10.2 Å². The van der Waals surface area contributed by atoms with E-state index in [1.807, 2.05) is 12.1 Å². The van der Waals surface area contributed by atoms with Crippen molar-refractivity contribution >= 4 is 21.6 Å². The van der Waals surface area contributed by atoms with Gasteiger partial charge in [-0.2, -0.15) is 0 Å². The van der Waals surface area contributed by atoms with Crippen molar-refractivity contribution in [2.45, 2.75) is 0 Å². The summed E-state index contributed by atoms with van der Waals surface area (Å²) in [6, 6.07) is 6.09. The molecule has 1 saturated heterocycles. The summed E-state index contributed by atoms with van der Waals surface area (Å²) in [5.41, 5.74) is 1.12. The number of rotatable bonds is 4. The quantitative estimate of drug-likeness (QED) is 0.916. The molecule has 1 aliphatic rings. The average molecular weight is 314 g/mol. The lowest BCUT2D eigenvalue weighted by Gasteiger charge is -2.32. The molecule has 100 valence electrons. The van der Waals surface area contributed by atoms with Crippen molar-refractivity contribution in [2.75, 3.05) is 51.9 Å². The van der Waals surface area contributed by atoms with Crippen LogP contribution >= 0.6 is 15.9 Å². The van der Waals surface area contributed by atoms with E-state index in [2.05, 4.69) is 44.2 Å². The number of hydrogen-bond acceptors (Lipinski definition) is 4. The Morgan fingerprint density at radius 3 is 2.78 bits per heavy atom. The van der Waals surface area contributed by atoms with Crippen LogP contribution in [0.25, 0.3) is 0 Å². The van der Waals surface area contributed by atoms with Crippen molar-refractivity contribution < 1.29 is 4.74 Å². The second-order valence-corrected chi connectivity index (χ2v) is 5.44. The molecule has 0 unspecified atom stereocenters. The normalized spacial score (nSPS) is 16.6. The lowest BCUT2D eigenvalue weighted by atomic mass is 10.2. The lowest BCUT2D eigenvalue weighted by Crippen LogP contribution is -2.47. The number of methoxy groups -OCH3 is 1. The Hall–Kier alpha value is -0.780. The van der Waals surface area contributed by atoms with E-state index in [-0.39, 0.29) is 0 Å². The molecule has 1 aromatic rings. The number of nitrogens with one attached hydrogen (secondary N) is 1. The fourth-order valence-corrected chi connectivity index (χ4v) is 2.54. The smallest absolute Gasteiger partial charge is 0.142 e. The number of benzene rings is 1. The molecule has 5 heteroatoms. The lowest BCUT2D eigenvalue weighted by molar-refractivity contribution is 0.243. The minimum Gasteiger partial charge on any atom is -0.495 e. The van der Waals surface area contributed by atoms with Gasteiger partial charge in [0, 0.05) is 37.7 Å². The molecule has 0 aromatic heterocycles. The predicted molar refractivity (Wildman–Crippen MR) is 78.4 cm³/mol. The van der Waals surface area contributed by atoms with Gasteiger partial charge in [-0.05, 0) is 18.2 Å². The molecule has 0 saturated carbocycles. The molecule has 1 heterocycles. The van der Waals surface area contributed by atoms with E-state index in [4.69, 9.17) is 4.74 Å². The Labute approximate surface area is 117 Å². The zero-order valence-electron chi connectivity index (χ0n) is 10.9. The molecular formula is C13H20BrN3O. The first-order valence-electron chi connectivity index (χ1n) is 6.18. The maximum atomic E-state index is 5.42. The minimum atomic E-state index is 0.913. The van der Waals surface area contributed by atoms with Gasteiger partial charge in [0.25, 0.3) is 0 Å². The molecule has 0 aliphatic carbocycles. The topological polar surface area (TPSA) is 27.7 Å². The third-order valence-electron chi connectivity index (χ3n) is 3.17. The van der Waals surface area contributed by atoms with Crippen molar-refractivity contribution in [3.8, 4) is 5.75 Å². The van der Waals surface area contributed by atoms with E-state index in [9.17, 15) is 0 Å². The summed E-state index contributed by atoms with van der Waals surface area (Å²) in [4.78, 5) is 4.67. The molecule has 1 fully saturated rings. The van der Waals surface area contributed by atoms with E-state index in [1.54, 1.807) is 7.11 Å². The number of halogens is 1. The molecule has 1 aliphatic heterocycles. The van der Waals surface area contributed by atoms with Crippen molar-refractivity contribution in [1.29, 1.82) is 0 Å². The summed E-state index contributed by atoms with van der Waals surface area (Å²) in [7, 11) is 3.82. The first-order valence-corrected chi connectivity index (χ1v) is 6.98. The van der Waals surface area contributed by atoms with Crippen LogP contribution in [-0.4, -0.2) is 51.9 Å². The summed E-state index contributed by atoms with van der Waals surface area (Å²) in [5.74, 6) is 0.913. The first kappa shape index (κ1) is 13.6. The van der Waals surface area contributed by atoms with Gasteiger partial charge in [0.2, 0.25) is 0 Å². The molecular weight excluding hydrogens is 294 g/mol. The van der Waals surface area contributed by atoms with Crippen molar-refractivity contribution in [3.05, 3.63) is 22.7 Å². The van der Waals surface area contributed by atoms with Gasteiger partial charge >= 0.3 is 0 Å². The van der Waals surface area contributed by atoms with E-state index < -0.39 is 0 Å². The van der Waals surface area contributed by atoms with Crippen molar-refractivity contribution in [3.63, 3.8) is 0 Å². The highest BCUT2D eigenvalue weighted by Gasteiger charge is 2.14. The highest BCUT2D eigenvalue weighted by molar-refractivity contribution is 9.10. The molecule has 0 amide bonds.